The van der Waals surface area contributed by atoms with Crippen LogP contribution in [0.15, 0.2) is 24.3 Å². The minimum absolute atomic E-state index is 0.134. The fraction of sp³-hybridized carbons (Fsp3) is 0.400. The van der Waals surface area contributed by atoms with Crippen LogP contribution in [0.3, 0.4) is 0 Å². The van der Waals surface area contributed by atoms with E-state index in [1.165, 1.54) is 7.11 Å². The molecule has 21 heavy (non-hydrogen) atoms. The molecular formula is C15H20N2O4. The molecule has 6 nitrogen and oxygen atoms in total. The van der Waals surface area contributed by atoms with Crippen molar-refractivity contribution in [2.75, 3.05) is 20.2 Å². The first kappa shape index (κ1) is 16.7. The highest BCUT2D eigenvalue weighted by atomic mass is 16.5. The molecule has 2 N–H and O–H groups in total. The lowest BCUT2D eigenvalue weighted by Gasteiger charge is -2.06. The van der Waals surface area contributed by atoms with Gasteiger partial charge in [0.25, 0.3) is 5.91 Å². The van der Waals surface area contributed by atoms with Crippen LogP contribution >= 0.6 is 0 Å². The first-order valence-electron chi connectivity index (χ1n) is 6.71. The van der Waals surface area contributed by atoms with Gasteiger partial charge in [0.05, 0.1) is 7.11 Å². The number of carbonyl (C=O) groups is 3. The zero-order chi connectivity index (χ0) is 15.7. The first-order valence-corrected chi connectivity index (χ1v) is 6.71. The standard InChI is InChI=1S/C15H20N2O4/c1-11-5-7-12(8-6-11)15(20)16-9-3-4-13(18)17-10-14(19)21-2/h5-8H,3-4,9-10H2,1-2H3,(H,16,20)(H,17,18). The van der Waals surface area contributed by atoms with E-state index >= 15 is 0 Å². The summed E-state index contributed by atoms with van der Waals surface area (Å²) in [6.45, 7) is 2.22. The van der Waals surface area contributed by atoms with E-state index in [9.17, 15) is 14.4 Å². The highest BCUT2D eigenvalue weighted by Gasteiger charge is 2.07. The van der Waals surface area contributed by atoms with Gasteiger partial charge in [-0.15, -0.1) is 0 Å². The summed E-state index contributed by atoms with van der Waals surface area (Å²) in [7, 11) is 1.26. The van der Waals surface area contributed by atoms with Gasteiger partial charge in [0.15, 0.2) is 0 Å². The summed E-state index contributed by atoms with van der Waals surface area (Å²) in [4.78, 5) is 34.0. The Morgan fingerprint density at radius 2 is 1.76 bits per heavy atom. The van der Waals surface area contributed by atoms with E-state index in [-0.39, 0.29) is 24.8 Å². The Hall–Kier alpha value is -2.37. The fourth-order valence-electron chi connectivity index (χ4n) is 1.59. The quantitative estimate of drug-likeness (QED) is 0.575. The molecule has 0 aliphatic rings. The maximum Gasteiger partial charge on any atom is 0.325 e. The molecule has 0 spiro atoms. The van der Waals surface area contributed by atoms with Gasteiger partial charge in [0.2, 0.25) is 5.91 Å². The smallest absolute Gasteiger partial charge is 0.325 e. The van der Waals surface area contributed by atoms with Crippen LogP contribution < -0.4 is 10.6 Å². The molecule has 0 unspecified atom stereocenters. The van der Waals surface area contributed by atoms with Crippen molar-refractivity contribution >= 4 is 17.8 Å². The van der Waals surface area contributed by atoms with Crippen molar-refractivity contribution in [3.05, 3.63) is 35.4 Å². The van der Waals surface area contributed by atoms with Gasteiger partial charge in [-0.25, -0.2) is 0 Å². The molecule has 0 saturated carbocycles. The molecule has 6 heteroatoms. The molecule has 1 aromatic carbocycles. The lowest BCUT2D eigenvalue weighted by molar-refractivity contribution is -0.141. The number of amides is 2. The Kier molecular flexibility index (Phi) is 6.94. The van der Waals surface area contributed by atoms with Crippen LogP contribution in [-0.2, 0) is 14.3 Å². The maximum atomic E-state index is 11.8. The van der Waals surface area contributed by atoms with Gasteiger partial charge in [-0.05, 0) is 25.5 Å². The first-order chi connectivity index (χ1) is 10.0. The third kappa shape index (κ3) is 6.56. The molecule has 0 atom stereocenters. The van der Waals surface area contributed by atoms with Crippen molar-refractivity contribution < 1.29 is 19.1 Å². The summed E-state index contributed by atoms with van der Waals surface area (Å²) in [5, 5.41) is 5.17. The Morgan fingerprint density at radius 1 is 1.10 bits per heavy atom. The predicted molar refractivity (Wildman–Crippen MR) is 77.8 cm³/mol. The van der Waals surface area contributed by atoms with E-state index in [2.05, 4.69) is 15.4 Å². The minimum Gasteiger partial charge on any atom is -0.468 e. The number of hydrogen-bond acceptors (Lipinski definition) is 4. The second-order valence-corrected chi connectivity index (χ2v) is 4.58. The number of esters is 1. The predicted octanol–water partition coefficient (Wildman–Crippen LogP) is 0.794. The molecule has 0 fully saturated rings. The largest absolute Gasteiger partial charge is 0.468 e. The summed E-state index contributed by atoms with van der Waals surface area (Å²) < 4.78 is 4.40. The normalized spacial score (nSPS) is 9.81. The minimum atomic E-state index is -0.490. The van der Waals surface area contributed by atoms with Crippen LogP contribution in [-0.4, -0.2) is 38.0 Å². The molecule has 0 heterocycles. The zero-order valence-electron chi connectivity index (χ0n) is 12.3. The number of benzene rings is 1. The number of methoxy groups -OCH3 is 1. The van der Waals surface area contributed by atoms with Crippen molar-refractivity contribution in [2.45, 2.75) is 19.8 Å². The summed E-state index contributed by atoms with van der Waals surface area (Å²) in [6.07, 6.45) is 0.746. The lowest BCUT2D eigenvalue weighted by atomic mass is 10.1. The van der Waals surface area contributed by atoms with Gasteiger partial charge >= 0.3 is 5.97 Å². The Labute approximate surface area is 123 Å². The Bertz CT molecular complexity index is 497. The lowest BCUT2D eigenvalue weighted by Crippen LogP contribution is -2.31. The van der Waals surface area contributed by atoms with Gasteiger partial charge in [-0.1, -0.05) is 17.7 Å². The third-order valence-corrected chi connectivity index (χ3v) is 2.84. The van der Waals surface area contributed by atoms with E-state index in [0.29, 0.717) is 18.5 Å². The molecule has 2 amide bonds. The summed E-state index contributed by atoms with van der Waals surface area (Å²) in [6, 6.07) is 7.26. The second kappa shape index (κ2) is 8.73. The van der Waals surface area contributed by atoms with Crippen LogP contribution in [0, 0.1) is 6.92 Å². The van der Waals surface area contributed by atoms with Crippen molar-refractivity contribution in [1.82, 2.24) is 10.6 Å². The average Bonchev–Trinajstić information content (AvgIpc) is 2.49. The van der Waals surface area contributed by atoms with Crippen LogP contribution in [0.2, 0.25) is 0 Å². The van der Waals surface area contributed by atoms with Crippen LogP contribution in [0.1, 0.15) is 28.8 Å². The number of aryl methyl sites for hydroxylation is 1. The summed E-state index contributed by atoms with van der Waals surface area (Å²) in [5.41, 5.74) is 1.68. The number of hydrogen-bond donors (Lipinski definition) is 2. The number of carbonyl (C=O) groups excluding carboxylic acids is 3. The molecule has 0 radical (unpaired) electrons. The van der Waals surface area contributed by atoms with Crippen LogP contribution in [0.25, 0.3) is 0 Å². The summed E-state index contributed by atoms with van der Waals surface area (Å²) >= 11 is 0. The highest BCUT2D eigenvalue weighted by molar-refractivity contribution is 5.94. The monoisotopic (exact) mass is 292 g/mol. The second-order valence-electron chi connectivity index (χ2n) is 4.58. The molecule has 0 aliphatic carbocycles. The van der Waals surface area contributed by atoms with E-state index in [0.717, 1.165) is 5.56 Å². The summed E-state index contributed by atoms with van der Waals surface area (Å²) in [5.74, 6) is -0.897. The zero-order valence-corrected chi connectivity index (χ0v) is 12.3. The highest BCUT2D eigenvalue weighted by Crippen LogP contribution is 2.02. The molecule has 1 aromatic rings. The van der Waals surface area contributed by atoms with Gasteiger partial charge in [0, 0.05) is 18.5 Å². The molecule has 114 valence electrons. The van der Waals surface area contributed by atoms with Crippen LogP contribution in [0.5, 0.6) is 0 Å². The van der Waals surface area contributed by atoms with E-state index in [1.54, 1.807) is 12.1 Å². The van der Waals surface area contributed by atoms with Gasteiger partial charge in [-0.2, -0.15) is 0 Å². The SMILES string of the molecule is COC(=O)CNC(=O)CCCNC(=O)c1ccc(C)cc1. The van der Waals surface area contributed by atoms with E-state index in [4.69, 9.17) is 0 Å². The molecular weight excluding hydrogens is 272 g/mol. The van der Waals surface area contributed by atoms with Crippen molar-refractivity contribution in [2.24, 2.45) is 0 Å². The Morgan fingerprint density at radius 3 is 2.38 bits per heavy atom. The topological polar surface area (TPSA) is 84.5 Å². The molecule has 0 aromatic heterocycles. The molecule has 0 aliphatic heterocycles. The van der Waals surface area contributed by atoms with Gasteiger partial charge in [0.1, 0.15) is 6.54 Å². The van der Waals surface area contributed by atoms with Gasteiger partial charge < -0.3 is 15.4 Å². The average molecular weight is 292 g/mol. The van der Waals surface area contributed by atoms with Crippen molar-refractivity contribution in [1.29, 1.82) is 0 Å². The molecule has 0 bridgehead atoms. The van der Waals surface area contributed by atoms with E-state index < -0.39 is 5.97 Å². The van der Waals surface area contributed by atoms with E-state index in [1.807, 2.05) is 19.1 Å². The molecule has 0 saturated heterocycles. The van der Waals surface area contributed by atoms with Crippen molar-refractivity contribution in [3.8, 4) is 0 Å². The fourth-order valence-corrected chi connectivity index (χ4v) is 1.59. The van der Waals surface area contributed by atoms with Crippen molar-refractivity contribution in [3.63, 3.8) is 0 Å². The van der Waals surface area contributed by atoms with Crippen LogP contribution in [0.4, 0.5) is 0 Å². The van der Waals surface area contributed by atoms with Gasteiger partial charge in [-0.3, -0.25) is 14.4 Å². The number of nitrogens with one attached hydrogen (secondary N) is 2. The Balaban J connectivity index is 2.19. The number of ether oxygens (including phenoxy) is 1. The maximum absolute atomic E-state index is 11.8. The molecule has 1 rings (SSSR count). The third-order valence-electron chi connectivity index (χ3n) is 2.84. The number of rotatable bonds is 7.